The summed E-state index contributed by atoms with van der Waals surface area (Å²) in [4.78, 5) is 2.17. The third-order valence-corrected chi connectivity index (χ3v) is 6.74. The van der Waals surface area contributed by atoms with E-state index in [1.807, 2.05) is 18.2 Å². The lowest BCUT2D eigenvalue weighted by molar-refractivity contribution is -0.656. The Morgan fingerprint density at radius 1 is 1.14 bits per heavy atom. The van der Waals surface area contributed by atoms with Gasteiger partial charge in [0.2, 0.25) is 0 Å². The minimum atomic E-state index is -1.07. The Bertz CT molecular complexity index is 897. The summed E-state index contributed by atoms with van der Waals surface area (Å²) < 4.78 is 13.2. The van der Waals surface area contributed by atoms with Crippen LogP contribution in [0.5, 0.6) is 11.5 Å². The lowest BCUT2D eigenvalue weighted by atomic mass is 9.99. The average molecular weight is 400 g/mol. The van der Waals surface area contributed by atoms with Gasteiger partial charge in [0.15, 0.2) is 18.0 Å². The van der Waals surface area contributed by atoms with Gasteiger partial charge in [0.25, 0.3) is 5.72 Å². The van der Waals surface area contributed by atoms with Crippen molar-refractivity contribution in [2.45, 2.75) is 25.5 Å². The van der Waals surface area contributed by atoms with Crippen LogP contribution in [0, 0.1) is 0 Å². The van der Waals surface area contributed by atoms with E-state index in [0.29, 0.717) is 6.54 Å². The number of aliphatic hydroxyl groups is 1. The molecule has 2 aromatic rings. The number of β-amino-alcohol motifs (C(OH)–C–C–N with tert-alkyl or cyclic N) is 1. The summed E-state index contributed by atoms with van der Waals surface area (Å²) >= 11 is 1.79. The fraction of sp³-hybridized carbons (Fsp3) is 0.409. The third kappa shape index (κ3) is 3.14. The molecule has 0 aromatic heterocycles. The molecule has 0 bridgehead atoms. The number of amidine groups is 1. The number of hydrogen-bond acceptors (Lipinski definition) is 5. The van der Waals surface area contributed by atoms with Gasteiger partial charge in [0.05, 0.1) is 20.8 Å². The smallest absolute Gasteiger partial charge is 0.316 e. The monoisotopic (exact) mass is 399 g/mol. The van der Waals surface area contributed by atoms with Gasteiger partial charge in [-0.1, -0.05) is 31.2 Å². The first kappa shape index (κ1) is 19.2. The maximum absolute atomic E-state index is 11.8. The molecule has 2 aromatic carbocycles. The number of nitrogens with zero attached hydrogens (tertiary/aromatic N) is 2. The van der Waals surface area contributed by atoms with Gasteiger partial charge in [-0.25, -0.2) is 9.48 Å². The number of rotatable bonds is 5. The highest BCUT2D eigenvalue weighted by atomic mass is 32.2. The van der Waals surface area contributed by atoms with Gasteiger partial charge < -0.3 is 14.6 Å². The number of hydrogen-bond donors (Lipinski definition) is 1. The fourth-order valence-electron chi connectivity index (χ4n) is 3.95. The quantitative estimate of drug-likeness (QED) is 0.781. The summed E-state index contributed by atoms with van der Waals surface area (Å²) in [6.07, 6.45) is 2.04. The zero-order valence-electron chi connectivity index (χ0n) is 16.6. The minimum Gasteiger partial charge on any atom is -0.497 e. The van der Waals surface area contributed by atoms with Crippen molar-refractivity contribution in [1.82, 2.24) is 0 Å². The first-order valence-corrected chi connectivity index (χ1v) is 10.7. The molecule has 1 N–H and O–H groups in total. The van der Waals surface area contributed by atoms with E-state index in [2.05, 4.69) is 40.7 Å². The van der Waals surface area contributed by atoms with Crippen LogP contribution < -0.4 is 14.4 Å². The largest absolute Gasteiger partial charge is 0.497 e. The molecule has 0 saturated carbocycles. The summed E-state index contributed by atoms with van der Waals surface area (Å²) in [6.45, 7) is 3.42. The van der Waals surface area contributed by atoms with Crippen molar-refractivity contribution in [2.24, 2.45) is 0 Å². The predicted octanol–water partition coefficient (Wildman–Crippen LogP) is 3.44. The van der Waals surface area contributed by atoms with Gasteiger partial charge in [0, 0.05) is 17.4 Å². The lowest BCUT2D eigenvalue weighted by Gasteiger charge is -2.24. The number of benzene rings is 2. The van der Waals surface area contributed by atoms with E-state index in [4.69, 9.17) is 9.47 Å². The Balaban J connectivity index is 1.80. The van der Waals surface area contributed by atoms with Crippen molar-refractivity contribution in [3.63, 3.8) is 0 Å². The molecule has 1 atom stereocenters. The highest BCUT2D eigenvalue weighted by Crippen LogP contribution is 2.41. The number of aryl methyl sites for hydroxylation is 1. The number of anilines is 1. The number of thioether (sulfide) groups is 1. The van der Waals surface area contributed by atoms with Crippen LogP contribution in [0.2, 0.25) is 0 Å². The summed E-state index contributed by atoms with van der Waals surface area (Å²) in [5.74, 6) is 2.58. The van der Waals surface area contributed by atoms with E-state index in [0.717, 1.165) is 53.1 Å². The molecule has 2 aliphatic rings. The van der Waals surface area contributed by atoms with Gasteiger partial charge >= 0.3 is 5.17 Å². The third-order valence-electron chi connectivity index (χ3n) is 5.55. The average Bonchev–Trinajstić information content (AvgIpc) is 3.07. The van der Waals surface area contributed by atoms with Crippen LogP contribution in [0.4, 0.5) is 5.69 Å². The molecule has 5 nitrogen and oxygen atoms in total. The van der Waals surface area contributed by atoms with Crippen LogP contribution >= 0.6 is 11.8 Å². The van der Waals surface area contributed by atoms with Crippen molar-refractivity contribution in [3.8, 4) is 11.5 Å². The summed E-state index contributed by atoms with van der Waals surface area (Å²) in [6, 6.07) is 14.1. The van der Waals surface area contributed by atoms with Crippen LogP contribution in [0.15, 0.2) is 42.5 Å². The summed E-state index contributed by atoms with van der Waals surface area (Å²) in [7, 11) is 3.34. The Labute approximate surface area is 170 Å². The van der Waals surface area contributed by atoms with Crippen molar-refractivity contribution < 1.29 is 19.2 Å². The number of ether oxygens (including phenoxy) is 2. The maximum Gasteiger partial charge on any atom is 0.316 e. The topological polar surface area (TPSA) is 44.9 Å². The van der Waals surface area contributed by atoms with Crippen molar-refractivity contribution in [2.75, 3.05) is 38.0 Å². The molecule has 0 spiro atoms. The van der Waals surface area contributed by atoms with Crippen LogP contribution in [0.3, 0.4) is 0 Å². The van der Waals surface area contributed by atoms with E-state index < -0.39 is 5.72 Å². The van der Waals surface area contributed by atoms with E-state index in [9.17, 15) is 5.11 Å². The van der Waals surface area contributed by atoms with Crippen LogP contribution in [-0.2, 0) is 12.1 Å². The number of methoxy groups -OCH3 is 2. The zero-order chi connectivity index (χ0) is 19.7. The van der Waals surface area contributed by atoms with Gasteiger partial charge in [-0.05, 0) is 42.3 Å². The van der Waals surface area contributed by atoms with Crippen LogP contribution in [0.1, 0.15) is 24.5 Å². The van der Waals surface area contributed by atoms with E-state index in [-0.39, 0.29) is 0 Å². The summed E-state index contributed by atoms with van der Waals surface area (Å²) in [5.41, 5.74) is 2.05. The summed E-state index contributed by atoms with van der Waals surface area (Å²) in [5, 5.41) is 12.9. The van der Waals surface area contributed by atoms with Gasteiger partial charge in [-0.2, -0.15) is 0 Å². The second-order valence-electron chi connectivity index (χ2n) is 7.13. The highest BCUT2D eigenvalue weighted by Gasteiger charge is 2.53. The molecule has 2 heterocycles. The molecule has 0 amide bonds. The standard InChI is InChI=1S/C22H27N2O3S/c1-4-16-6-8-17(9-7-16)22(25)15-23(21-24(22)12-5-13-28-21)19-14-18(26-2)10-11-20(19)27-3/h6-11,14,25H,4-5,12-13,15H2,1-3H3/q+1. The first-order valence-electron chi connectivity index (χ1n) is 9.69. The normalized spacial score (nSPS) is 21.6. The molecule has 0 radical (unpaired) electrons. The molecule has 28 heavy (non-hydrogen) atoms. The highest BCUT2D eigenvalue weighted by molar-refractivity contribution is 8.13. The van der Waals surface area contributed by atoms with Crippen molar-refractivity contribution >= 4 is 22.6 Å². The van der Waals surface area contributed by atoms with E-state index >= 15 is 0 Å². The Hall–Kier alpha value is -2.18. The minimum absolute atomic E-state index is 0.449. The lowest BCUT2D eigenvalue weighted by Crippen LogP contribution is -2.41. The zero-order valence-corrected chi connectivity index (χ0v) is 17.5. The van der Waals surface area contributed by atoms with Crippen LogP contribution in [-0.4, -0.2) is 47.9 Å². The molecule has 1 unspecified atom stereocenters. The molecule has 0 fully saturated rings. The Kier molecular flexibility index (Phi) is 5.25. The van der Waals surface area contributed by atoms with Crippen molar-refractivity contribution in [3.05, 3.63) is 53.6 Å². The molecule has 0 aliphatic carbocycles. The van der Waals surface area contributed by atoms with E-state index in [1.165, 1.54) is 5.56 Å². The molecule has 148 valence electrons. The van der Waals surface area contributed by atoms with Gasteiger partial charge in [0.1, 0.15) is 5.75 Å². The van der Waals surface area contributed by atoms with Crippen molar-refractivity contribution in [1.29, 1.82) is 0 Å². The first-order chi connectivity index (χ1) is 13.6. The second kappa shape index (κ2) is 7.68. The van der Waals surface area contributed by atoms with E-state index in [1.54, 1.807) is 26.0 Å². The SMILES string of the molecule is CCc1ccc(C2(O)CN(c3cc(OC)ccc3OC)C3=[N+]2CCCS3)cc1. The Morgan fingerprint density at radius 2 is 1.93 bits per heavy atom. The maximum atomic E-state index is 11.8. The molecular formula is C22H27N2O3S+. The van der Waals surface area contributed by atoms with Gasteiger partial charge in [-0.3, -0.25) is 0 Å². The second-order valence-corrected chi connectivity index (χ2v) is 8.19. The molecule has 0 saturated heterocycles. The van der Waals surface area contributed by atoms with Gasteiger partial charge in [-0.15, -0.1) is 0 Å². The molecule has 6 heteroatoms. The Morgan fingerprint density at radius 3 is 2.61 bits per heavy atom. The molecule has 2 aliphatic heterocycles. The predicted molar refractivity (Wildman–Crippen MR) is 114 cm³/mol. The molecular weight excluding hydrogens is 372 g/mol. The van der Waals surface area contributed by atoms with Crippen LogP contribution in [0.25, 0.3) is 0 Å². The molecule has 4 rings (SSSR count). The fourth-order valence-corrected chi connectivity index (χ4v) is 5.12.